The number of anilines is 1. The van der Waals surface area contributed by atoms with Gasteiger partial charge in [-0.1, -0.05) is 26.2 Å². The van der Waals surface area contributed by atoms with Crippen molar-refractivity contribution in [2.24, 2.45) is 5.92 Å². The molecule has 2 atom stereocenters. The molecule has 1 saturated carbocycles. The van der Waals surface area contributed by atoms with Crippen LogP contribution in [0.4, 0.5) is 5.82 Å². The largest absolute Gasteiger partial charge is 0.366 e. The van der Waals surface area contributed by atoms with Crippen LogP contribution in [0.15, 0.2) is 12.5 Å². The van der Waals surface area contributed by atoms with Gasteiger partial charge in [-0.25, -0.2) is 9.97 Å². The van der Waals surface area contributed by atoms with Crippen LogP contribution in [0.5, 0.6) is 0 Å². The average molecular weight is 230 g/mol. The normalized spacial score (nSPS) is 24.7. The van der Waals surface area contributed by atoms with Crippen molar-refractivity contribution in [2.45, 2.75) is 45.1 Å². The molecule has 1 fully saturated rings. The molecular formula is C13H18N4. The summed E-state index contributed by atoms with van der Waals surface area (Å²) in [5.41, 5.74) is 0.531. The number of rotatable bonds is 2. The first-order valence-corrected chi connectivity index (χ1v) is 6.28. The summed E-state index contributed by atoms with van der Waals surface area (Å²) in [5.74, 6) is 1.32. The third-order valence-electron chi connectivity index (χ3n) is 3.52. The molecule has 1 aliphatic rings. The molecule has 1 N–H and O–H groups in total. The number of hydrogen-bond acceptors (Lipinski definition) is 4. The lowest BCUT2D eigenvalue weighted by Crippen LogP contribution is -2.27. The third-order valence-corrected chi connectivity index (χ3v) is 3.52. The van der Waals surface area contributed by atoms with Gasteiger partial charge in [0.2, 0.25) is 0 Å². The predicted molar refractivity (Wildman–Crippen MR) is 66.4 cm³/mol. The number of hydrogen-bond donors (Lipinski definition) is 1. The highest BCUT2D eigenvalue weighted by atomic mass is 15.0. The molecule has 0 bridgehead atoms. The van der Waals surface area contributed by atoms with E-state index in [0.717, 1.165) is 6.42 Å². The highest BCUT2D eigenvalue weighted by molar-refractivity contribution is 5.50. The summed E-state index contributed by atoms with van der Waals surface area (Å²) in [4.78, 5) is 8.04. The summed E-state index contributed by atoms with van der Waals surface area (Å²) in [5, 5.41) is 12.4. The van der Waals surface area contributed by atoms with E-state index in [9.17, 15) is 0 Å². The van der Waals surface area contributed by atoms with Crippen LogP contribution >= 0.6 is 0 Å². The summed E-state index contributed by atoms with van der Waals surface area (Å²) in [6.07, 6.45) is 9.36. The van der Waals surface area contributed by atoms with E-state index in [4.69, 9.17) is 5.26 Å². The van der Waals surface area contributed by atoms with Gasteiger partial charge in [-0.15, -0.1) is 0 Å². The van der Waals surface area contributed by atoms with Gasteiger partial charge in [0, 0.05) is 6.04 Å². The van der Waals surface area contributed by atoms with Crippen molar-refractivity contribution in [3.05, 3.63) is 18.1 Å². The molecule has 4 nitrogen and oxygen atoms in total. The molecule has 2 rings (SSSR count). The van der Waals surface area contributed by atoms with Crippen LogP contribution in [0.3, 0.4) is 0 Å². The number of nitrogens with one attached hydrogen (secondary N) is 1. The fourth-order valence-electron chi connectivity index (χ4n) is 2.41. The fourth-order valence-corrected chi connectivity index (χ4v) is 2.41. The third kappa shape index (κ3) is 2.94. The summed E-state index contributed by atoms with van der Waals surface area (Å²) in [6, 6.07) is 2.56. The Bertz CT molecular complexity index is 410. The maximum absolute atomic E-state index is 9.00. The van der Waals surface area contributed by atoms with Crippen LogP contribution in [0.25, 0.3) is 0 Å². The van der Waals surface area contributed by atoms with Crippen molar-refractivity contribution in [1.82, 2.24) is 9.97 Å². The first kappa shape index (κ1) is 11.8. The van der Waals surface area contributed by atoms with E-state index in [1.165, 1.54) is 32.0 Å². The van der Waals surface area contributed by atoms with Gasteiger partial charge in [-0.3, -0.25) is 0 Å². The van der Waals surface area contributed by atoms with E-state index in [1.54, 1.807) is 6.20 Å². The van der Waals surface area contributed by atoms with E-state index in [2.05, 4.69) is 28.3 Å². The van der Waals surface area contributed by atoms with Crippen LogP contribution in [0.1, 0.15) is 44.6 Å². The minimum Gasteiger partial charge on any atom is -0.366 e. The Balaban J connectivity index is 2.11. The second-order valence-electron chi connectivity index (χ2n) is 4.76. The molecule has 90 valence electrons. The molecular weight excluding hydrogens is 212 g/mol. The van der Waals surface area contributed by atoms with Crippen molar-refractivity contribution >= 4 is 5.82 Å². The molecule has 0 aliphatic heterocycles. The van der Waals surface area contributed by atoms with Crippen LogP contribution in [-0.4, -0.2) is 16.0 Å². The lowest BCUT2D eigenvalue weighted by atomic mass is 9.97. The molecule has 0 amide bonds. The molecule has 1 aliphatic carbocycles. The average Bonchev–Trinajstić information content (AvgIpc) is 2.56. The Labute approximate surface area is 102 Å². The van der Waals surface area contributed by atoms with Gasteiger partial charge in [0.15, 0.2) is 0 Å². The minimum atomic E-state index is 0.430. The minimum absolute atomic E-state index is 0.430. The van der Waals surface area contributed by atoms with E-state index in [1.807, 2.05) is 0 Å². The fraction of sp³-hybridized carbons (Fsp3) is 0.615. The molecule has 2 unspecified atom stereocenters. The van der Waals surface area contributed by atoms with Gasteiger partial charge < -0.3 is 5.32 Å². The molecule has 0 radical (unpaired) electrons. The van der Waals surface area contributed by atoms with Crippen LogP contribution in [0.2, 0.25) is 0 Å². The number of nitriles is 1. The SMILES string of the molecule is CC1CCCCCC1Nc1ncncc1C#N. The molecule has 0 saturated heterocycles. The molecule has 1 aromatic rings. The quantitative estimate of drug-likeness (QED) is 0.793. The van der Waals surface area contributed by atoms with Crippen molar-refractivity contribution in [2.75, 3.05) is 5.32 Å². The van der Waals surface area contributed by atoms with Gasteiger partial charge in [0.25, 0.3) is 0 Å². The monoisotopic (exact) mass is 230 g/mol. The van der Waals surface area contributed by atoms with Crippen molar-refractivity contribution < 1.29 is 0 Å². The zero-order chi connectivity index (χ0) is 12.1. The highest BCUT2D eigenvalue weighted by Crippen LogP contribution is 2.25. The van der Waals surface area contributed by atoms with E-state index < -0.39 is 0 Å². The zero-order valence-corrected chi connectivity index (χ0v) is 10.2. The second kappa shape index (κ2) is 5.62. The molecule has 0 aromatic carbocycles. The molecule has 17 heavy (non-hydrogen) atoms. The standard InChI is InChI=1S/C13H18N4/c1-10-5-3-2-4-6-12(10)17-13-11(7-14)8-15-9-16-13/h8-10,12H,2-6H2,1H3,(H,15,16,17). The Hall–Kier alpha value is -1.63. The van der Waals surface area contributed by atoms with Gasteiger partial charge >= 0.3 is 0 Å². The highest BCUT2D eigenvalue weighted by Gasteiger charge is 2.20. The lowest BCUT2D eigenvalue weighted by Gasteiger charge is -2.23. The molecule has 1 heterocycles. The van der Waals surface area contributed by atoms with Crippen LogP contribution < -0.4 is 5.32 Å². The van der Waals surface area contributed by atoms with Crippen molar-refractivity contribution in [3.63, 3.8) is 0 Å². The van der Waals surface area contributed by atoms with Crippen LogP contribution in [0, 0.1) is 17.2 Å². The second-order valence-corrected chi connectivity index (χ2v) is 4.76. The van der Waals surface area contributed by atoms with Crippen molar-refractivity contribution in [3.8, 4) is 6.07 Å². The summed E-state index contributed by atoms with van der Waals surface area (Å²) >= 11 is 0. The van der Waals surface area contributed by atoms with E-state index in [0.29, 0.717) is 23.3 Å². The van der Waals surface area contributed by atoms with Gasteiger partial charge in [-0.2, -0.15) is 5.26 Å². The predicted octanol–water partition coefficient (Wildman–Crippen LogP) is 2.73. The zero-order valence-electron chi connectivity index (χ0n) is 10.2. The first-order valence-electron chi connectivity index (χ1n) is 6.28. The Morgan fingerprint density at radius 2 is 2.18 bits per heavy atom. The van der Waals surface area contributed by atoms with Crippen molar-refractivity contribution in [1.29, 1.82) is 5.26 Å². The molecule has 0 spiro atoms. The maximum atomic E-state index is 9.00. The topological polar surface area (TPSA) is 61.6 Å². The summed E-state index contributed by atoms with van der Waals surface area (Å²) in [7, 11) is 0. The van der Waals surface area contributed by atoms with Gasteiger partial charge in [0.1, 0.15) is 23.8 Å². The first-order chi connectivity index (χ1) is 8.31. The van der Waals surface area contributed by atoms with E-state index in [-0.39, 0.29) is 0 Å². The molecule has 4 heteroatoms. The Morgan fingerprint density at radius 1 is 1.35 bits per heavy atom. The van der Waals surface area contributed by atoms with Crippen LogP contribution in [-0.2, 0) is 0 Å². The lowest BCUT2D eigenvalue weighted by molar-refractivity contribution is 0.455. The Kier molecular flexibility index (Phi) is 3.92. The molecule has 1 aromatic heterocycles. The summed E-state index contributed by atoms with van der Waals surface area (Å²) < 4.78 is 0. The maximum Gasteiger partial charge on any atom is 0.147 e. The van der Waals surface area contributed by atoms with Gasteiger partial charge in [0.05, 0.1) is 6.20 Å². The van der Waals surface area contributed by atoms with Gasteiger partial charge in [-0.05, 0) is 18.8 Å². The smallest absolute Gasteiger partial charge is 0.147 e. The number of nitrogens with zero attached hydrogens (tertiary/aromatic N) is 3. The van der Waals surface area contributed by atoms with E-state index >= 15 is 0 Å². The Morgan fingerprint density at radius 3 is 3.00 bits per heavy atom. The summed E-state index contributed by atoms with van der Waals surface area (Å²) in [6.45, 7) is 2.27. The number of aromatic nitrogens is 2.